The van der Waals surface area contributed by atoms with Crippen LogP contribution in [0.15, 0.2) is 12.7 Å². The highest BCUT2D eigenvalue weighted by atomic mass is 16.5. The number of methoxy groups -OCH3 is 1. The summed E-state index contributed by atoms with van der Waals surface area (Å²) in [4.78, 5) is 0. The van der Waals surface area contributed by atoms with E-state index in [0.29, 0.717) is 6.10 Å². The van der Waals surface area contributed by atoms with Crippen molar-refractivity contribution in [2.45, 2.75) is 25.0 Å². The van der Waals surface area contributed by atoms with Gasteiger partial charge in [0.05, 0.1) is 12.2 Å². The van der Waals surface area contributed by atoms with Gasteiger partial charge in [-0.1, -0.05) is 6.08 Å². The molecule has 0 radical (unpaired) electrons. The van der Waals surface area contributed by atoms with Crippen molar-refractivity contribution < 1.29 is 9.47 Å². The first-order valence-corrected chi connectivity index (χ1v) is 3.63. The molecule has 0 N–H and O–H groups in total. The number of hydrogen-bond donors (Lipinski definition) is 0. The average molecular weight is 142 g/mol. The third-order valence-corrected chi connectivity index (χ3v) is 1.86. The van der Waals surface area contributed by atoms with Crippen LogP contribution in [0.2, 0.25) is 0 Å². The first-order valence-electron chi connectivity index (χ1n) is 3.63. The summed E-state index contributed by atoms with van der Waals surface area (Å²) >= 11 is 0. The lowest BCUT2D eigenvalue weighted by Crippen LogP contribution is -2.28. The number of hydrogen-bond acceptors (Lipinski definition) is 2. The Labute approximate surface area is 61.8 Å². The van der Waals surface area contributed by atoms with Gasteiger partial charge in [0.15, 0.2) is 0 Å². The molecule has 1 rings (SSSR count). The molecule has 0 saturated carbocycles. The van der Waals surface area contributed by atoms with Gasteiger partial charge in [-0.25, -0.2) is 0 Å². The normalized spacial score (nSPS) is 33.7. The first-order chi connectivity index (χ1) is 4.86. The second-order valence-corrected chi connectivity index (χ2v) is 2.53. The van der Waals surface area contributed by atoms with Crippen molar-refractivity contribution in [3.8, 4) is 0 Å². The van der Waals surface area contributed by atoms with Crippen molar-refractivity contribution in [1.29, 1.82) is 0 Å². The molecule has 58 valence electrons. The van der Waals surface area contributed by atoms with E-state index >= 15 is 0 Å². The minimum absolute atomic E-state index is 0.207. The first kappa shape index (κ1) is 7.76. The molecule has 0 amide bonds. The van der Waals surface area contributed by atoms with Crippen LogP contribution in [0.25, 0.3) is 0 Å². The Morgan fingerprint density at radius 2 is 2.50 bits per heavy atom. The van der Waals surface area contributed by atoms with Gasteiger partial charge in [-0.3, -0.25) is 0 Å². The number of ether oxygens (including phenoxy) is 2. The van der Waals surface area contributed by atoms with Crippen molar-refractivity contribution in [3.05, 3.63) is 12.7 Å². The summed E-state index contributed by atoms with van der Waals surface area (Å²) in [6.07, 6.45) is 4.39. The molecule has 1 heterocycles. The van der Waals surface area contributed by atoms with E-state index in [0.717, 1.165) is 19.4 Å². The summed E-state index contributed by atoms with van der Waals surface area (Å²) < 4.78 is 10.6. The van der Waals surface area contributed by atoms with Crippen molar-refractivity contribution in [2.75, 3.05) is 13.7 Å². The van der Waals surface area contributed by atoms with Crippen LogP contribution in [0, 0.1) is 0 Å². The summed E-state index contributed by atoms with van der Waals surface area (Å²) in [5.74, 6) is 0. The Morgan fingerprint density at radius 3 is 3.10 bits per heavy atom. The van der Waals surface area contributed by atoms with Crippen LogP contribution in [0.5, 0.6) is 0 Å². The largest absolute Gasteiger partial charge is 0.381 e. The highest BCUT2D eigenvalue weighted by molar-refractivity contribution is 4.85. The van der Waals surface area contributed by atoms with Gasteiger partial charge in [0.2, 0.25) is 0 Å². The molecule has 0 bridgehead atoms. The van der Waals surface area contributed by atoms with E-state index in [2.05, 4.69) is 6.58 Å². The van der Waals surface area contributed by atoms with Crippen molar-refractivity contribution >= 4 is 0 Å². The minimum Gasteiger partial charge on any atom is -0.381 e. The smallest absolute Gasteiger partial charge is 0.0777 e. The Bertz CT molecular complexity index is 112. The van der Waals surface area contributed by atoms with Crippen LogP contribution >= 0.6 is 0 Å². The molecule has 1 aliphatic heterocycles. The molecule has 0 aromatic heterocycles. The second kappa shape index (κ2) is 3.74. The quantitative estimate of drug-likeness (QED) is 0.542. The van der Waals surface area contributed by atoms with E-state index in [-0.39, 0.29) is 6.10 Å². The maximum absolute atomic E-state index is 5.36. The summed E-state index contributed by atoms with van der Waals surface area (Å²) in [6.45, 7) is 4.47. The molecule has 2 heteroatoms. The van der Waals surface area contributed by atoms with Gasteiger partial charge in [-0.05, 0) is 6.42 Å². The molecule has 2 nitrogen and oxygen atoms in total. The summed E-state index contributed by atoms with van der Waals surface area (Å²) in [6, 6.07) is 0. The molecular formula is C8H14O2. The minimum atomic E-state index is 0.207. The van der Waals surface area contributed by atoms with Gasteiger partial charge in [-0.2, -0.15) is 0 Å². The maximum atomic E-state index is 5.36. The Hall–Kier alpha value is -0.340. The highest BCUT2D eigenvalue weighted by Gasteiger charge is 2.19. The third kappa shape index (κ3) is 1.82. The van der Waals surface area contributed by atoms with Gasteiger partial charge in [0.25, 0.3) is 0 Å². The lowest BCUT2D eigenvalue weighted by Gasteiger charge is -2.26. The summed E-state index contributed by atoms with van der Waals surface area (Å²) in [7, 11) is 1.75. The van der Waals surface area contributed by atoms with Crippen LogP contribution in [0.1, 0.15) is 12.8 Å². The zero-order valence-corrected chi connectivity index (χ0v) is 6.38. The van der Waals surface area contributed by atoms with E-state index in [4.69, 9.17) is 9.47 Å². The Morgan fingerprint density at radius 1 is 1.70 bits per heavy atom. The van der Waals surface area contributed by atoms with Crippen LogP contribution in [0.4, 0.5) is 0 Å². The SMILES string of the molecule is C=C[C@@H]1C[C@@H](OC)CCO1. The standard InChI is InChI=1S/C8H14O2/c1-3-7-6-8(9-2)4-5-10-7/h3,7-8H,1,4-6H2,2H3/t7-,8+/m1/s1. The molecule has 1 fully saturated rings. The van der Waals surface area contributed by atoms with E-state index in [1.165, 1.54) is 0 Å². The number of rotatable bonds is 2. The third-order valence-electron chi connectivity index (χ3n) is 1.86. The molecular weight excluding hydrogens is 128 g/mol. The highest BCUT2D eigenvalue weighted by Crippen LogP contribution is 2.16. The predicted molar refractivity (Wildman–Crippen MR) is 40.0 cm³/mol. The van der Waals surface area contributed by atoms with Crippen molar-refractivity contribution in [1.82, 2.24) is 0 Å². The lowest BCUT2D eigenvalue weighted by molar-refractivity contribution is -0.0391. The predicted octanol–water partition coefficient (Wildman–Crippen LogP) is 1.37. The molecule has 0 spiro atoms. The second-order valence-electron chi connectivity index (χ2n) is 2.53. The lowest BCUT2D eigenvalue weighted by atomic mass is 10.1. The van der Waals surface area contributed by atoms with E-state index in [1.807, 2.05) is 6.08 Å². The molecule has 0 aromatic carbocycles. The Kier molecular flexibility index (Phi) is 2.90. The molecule has 2 atom stereocenters. The van der Waals surface area contributed by atoms with E-state index < -0.39 is 0 Å². The zero-order chi connectivity index (χ0) is 7.40. The van der Waals surface area contributed by atoms with E-state index in [9.17, 15) is 0 Å². The van der Waals surface area contributed by atoms with Crippen molar-refractivity contribution in [3.63, 3.8) is 0 Å². The topological polar surface area (TPSA) is 18.5 Å². The van der Waals surface area contributed by atoms with Gasteiger partial charge in [0, 0.05) is 20.1 Å². The fourth-order valence-corrected chi connectivity index (χ4v) is 1.17. The molecule has 0 aromatic rings. The van der Waals surface area contributed by atoms with Crippen molar-refractivity contribution in [2.24, 2.45) is 0 Å². The van der Waals surface area contributed by atoms with Crippen LogP contribution in [-0.4, -0.2) is 25.9 Å². The van der Waals surface area contributed by atoms with E-state index in [1.54, 1.807) is 7.11 Å². The zero-order valence-electron chi connectivity index (χ0n) is 6.38. The molecule has 10 heavy (non-hydrogen) atoms. The maximum Gasteiger partial charge on any atom is 0.0777 e. The van der Waals surface area contributed by atoms with Crippen LogP contribution < -0.4 is 0 Å². The van der Waals surface area contributed by atoms with Crippen LogP contribution in [0.3, 0.4) is 0 Å². The van der Waals surface area contributed by atoms with Crippen LogP contribution in [-0.2, 0) is 9.47 Å². The molecule has 0 unspecified atom stereocenters. The summed E-state index contributed by atoms with van der Waals surface area (Å²) in [5.41, 5.74) is 0. The van der Waals surface area contributed by atoms with Gasteiger partial charge < -0.3 is 9.47 Å². The molecule has 0 aliphatic carbocycles. The average Bonchev–Trinajstić information content (AvgIpc) is 2.05. The summed E-state index contributed by atoms with van der Waals surface area (Å²) in [5, 5.41) is 0. The monoisotopic (exact) mass is 142 g/mol. The fourth-order valence-electron chi connectivity index (χ4n) is 1.17. The molecule has 1 aliphatic rings. The fraction of sp³-hybridized carbons (Fsp3) is 0.750. The van der Waals surface area contributed by atoms with Gasteiger partial charge in [-0.15, -0.1) is 6.58 Å². The van der Waals surface area contributed by atoms with Gasteiger partial charge >= 0.3 is 0 Å². The van der Waals surface area contributed by atoms with Gasteiger partial charge in [0.1, 0.15) is 0 Å². The Balaban J connectivity index is 2.31. The molecule has 1 saturated heterocycles.